The summed E-state index contributed by atoms with van der Waals surface area (Å²) in [7, 11) is 0. The molecule has 0 fully saturated rings. The van der Waals surface area contributed by atoms with Gasteiger partial charge in [-0.1, -0.05) is 37.1 Å². The van der Waals surface area contributed by atoms with Crippen molar-refractivity contribution in [3.8, 4) is 5.75 Å². The molecule has 0 saturated heterocycles. The molecule has 0 radical (unpaired) electrons. The number of halogens is 3. The normalized spacial score (nSPS) is 11.7. The highest BCUT2D eigenvalue weighted by Crippen LogP contribution is 2.32. The average molecular weight is 392 g/mol. The van der Waals surface area contributed by atoms with E-state index in [1.807, 2.05) is 0 Å². The maximum absolute atomic E-state index is 14.4. The fraction of sp³-hybridized carbons (Fsp3) is 0.318. The molecule has 150 valence electrons. The Balaban J connectivity index is 1.93. The Labute approximate surface area is 162 Å². The first-order valence-electron chi connectivity index (χ1n) is 9.14. The number of hydrogen-bond donors (Lipinski definition) is 1. The molecule has 6 heteroatoms. The van der Waals surface area contributed by atoms with E-state index in [9.17, 15) is 18.0 Å². The lowest BCUT2D eigenvalue weighted by atomic mass is 10.0. The predicted molar refractivity (Wildman–Crippen MR) is 102 cm³/mol. The zero-order valence-electron chi connectivity index (χ0n) is 15.4. The van der Waals surface area contributed by atoms with Crippen molar-refractivity contribution in [2.45, 2.75) is 38.2 Å². The van der Waals surface area contributed by atoms with E-state index in [2.05, 4.69) is 0 Å². The van der Waals surface area contributed by atoms with Crippen LogP contribution in [-0.4, -0.2) is 17.8 Å². The molecule has 0 saturated carbocycles. The lowest BCUT2D eigenvalue weighted by Crippen LogP contribution is -2.21. The van der Waals surface area contributed by atoms with E-state index in [-0.39, 0.29) is 18.0 Å². The van der Waals surface area contributed by atoms with Gasteiger partial charge in [0.1, 0.15) is 5.75 Å². The van der Waals surface area contributed by atoms with Gasteiger partial charge in [0.15, 0.2) is 0 Å². The van der Waals surface area contributed by atoms with Crippen LogP contribution in [0.1, 0.15) is 42.4 Å². The summed E-state index contributed by atoms with van der Waals surface area (Å²) in [6.45, 7) is -0.300. The molecule has 0 spiro atoms. The predicted octanol–water partition coefficient (Wildman–Crippen LogP) is 5.99. The zero-order valence-corrected chi connectivity index (χ0v) is 15.4. The van der Waals surface area contributed by atoms with Crippen molar-refractivity contribution in [2.75, 3.05) is 6.67 Å². The number of rotatable bonds is 11. The minimum Gasteiger partial charge on any atom is -0.478 e. The van der Waals surface area contributed by atoms with Crippen LogP contribution in [0.2, 0.25) is 0 Å². The second-order valence-corrected chi connectivity index (χ2v) is 6.41. The lowest BCUT2D eigenvalue weighted by Gasteiger charge is -2.18. The molecule has 2 aromatic rings. The number of carboxylic acid groups (broad SMARTS) is 1. The van der Waals surface area contributed by atoms with Crippen molar-refractivity contribution in [1.82, 2.24) is 0 Å². The van der Waals surface area contributed by atoms with Crippen LogP contribution in [0.3, 0.4) is 0 Å². The molecule has 0 atom stereocenters. The standard InChI is InChI=1S/C22H23F3O3/c23-16-4-2-1-3-5-17-6-11-19(12-7-17)22(24,25)28-20-13-8-18(9-14-20)10-15-21(26)27/h6-15H,1-5,16H2,(H,26,27). The Morgan fingerprint density at radius 1 is 0.964 bits per heavy atom. The molecule has 2 rings (SSSR count). The van der Waals surface area contributed by atoms with Crippen molar-refractivity contribution in [3.63, 3.8) is 0 Å². The SMILES string of the molecule is O=C(O)C=Cc1ccc(OC(F)(F)c2ccc(CCCCCCF)cc2)cc1. The lowest BCUT2D eigenvalue weighted by molar-refractivity contribution is -0.185. The minimum atomic E-state index is -3.49. The van der Waals surface area contributed by atoms with E-state index in [4.69, 9.17) is 9.84 Å². The molecule has 28 heavy (non-hydrogen) atoms. The zero-order chi connectivity index (χ0) is 20.4. The van der Waals surface area contributed by atoms with Crippen LogP contribution < -0.4 is 4.74 Å². The fourth-order valence-corrected chi connectivity index (χ4v) is 2.66. The second-order valence-electron chi connectivity index (χ2n) is 6.41. The maximum Gasteiger partial charge on any atom is 0.426 e. The monoisotopic (exact) mass is 392 g/mol. The molecular weight excluding hydrogens is 369 g/mol. The van der Waals surface area contributed by atoms with Gasteiger partial charge in [-0.15, -0.1) is 0 Å². The molecular formula is C22H23F3O3. The van der Waals surface area contributed by atoms with Crippen LogP contribution >= 0.6 is 0 Å². The largest absolute Gasteiger partial charge is 0.478 e. The average Bonchev–Trinajstić information content (AvgIpc) is 2.67. The molecule has 0 heterocycles. The van der Waals surface area contributed by atoms with E-state index < -0.39 is 12.1 Å². The molecule has 1 N–H and O–H groups in total. The third-order valence-electron chi connectivity index (χ3n) is 4.18. The van der Waals surface area contributed by atoms with E-state index in [1.165, 1.54) is 42.5 Å². The van der Waals surface area contributed by atoms with Gasteiger partial charge in [0.25, 0.3) is 0 Å². The van der Waals surface area contributed by atoms with E-state index in [0.717, 1.165) is 37.3 Å². The number of carboxylic acids is 1. The first-order valence-corrected chi connectivity index (χ1v) is 9.14. The highest BCUT2D eigenvalue weighted by molar-refractivity contribution is 5.85. The summed E-state index contributed by atoms with van der Waals surface area (Å²) in [5, 5.41) is 8.59. The third kappa shape index (κ3) is 7.10. The van der Waals surface area contributed by atoms with Crippen molar-refractivity contribution in [3.05, 3.63) is 71.3 Å². The maximum atomic E-state index is 14.4. The number of aryl methyl sites for hydroxylation is 1. The molecule has 0 unspecified atom stereocenters. The quantitative estimate of drug-likeness (QED) is 0.378. The molecule has 0 aliphatic carbocycles. The molecule has 2 aromatic carbocycles. The van der Waals surface area contributed by atoms with E-state index >= 15 is 0 Å². The summed E-state index contributed by atoms with van der Waals surface area (Å²) in [5.41, 5.74) is 1.27. The Hall–Kier alpha value is -2.76. The molecule has 3 nitrogen and oxygen atoms in total. The van der Waals surface area contributed by atoms with Gasteiger partial charge in [-0.2, -0.15) is 8.78 Å². The van der Waals surface area contributed by atoms with Gasteiger partial charge in [0, 0.05) is 6.08 Å². The number of benzene rings is 2. The highest BCUT2D eigenvalue weighted by Gasteiger charge is 2.34. The van der Waals surface area contributed by atoms with Gasteiger partial charge in [0.05, 0.1) is 12.2 Å². The van der Waals surface area contributed by atoms with Crippen LogP contribution in [0.4, 0.5) is 13.2 Å². The molecule has 0 aromatic heterocycles. The van der Waals surface area contributed by atoms with Crippen LogP contribution in [0.25, 0.3) is 6.08 Å². The van der Waals surface area contributed by atoms with Crippen molar-refractivity contribution >= 4 is 12.0 Å². The number of carbonyl (C=O) groups is 1. The van der Waals surface area contributed by atoms with Crippen molar-refractivity contribution in [2.24, 2.45) is 0 Å². The Morgan fingerprint density at radius 2 is 1.61 bits per heavy atom. The first-order chi connectivity index (χ1) is 13.4. The Kier molecular flexibility index (Phi) is 8.11. The van der Waals surface area contributed by atoms with Gasteiger partial charge in [-0.25, -0.2) is 4.79 Å². The summed E-state index contributed by atoms with van der Waals surface area (Å²) in [5.74, 6) is -1.11. The molecule has 0 amide bonds. The van der Waals surface area contributed by atoms with Gasteiger partial charge in [0.2, 0.25) is 0 Å². The summed E-state index contributed by atoms with van der Waals surface area (Å²) in [6, 6.07) is 11.7. The summed E-state index contributed by atoms with van der Waals surface area (Å²) in [4.78, 5) is 10.5. The summed E-state index contributed by atoms with van der Waals surface area (Å²) >= 11 is 0. The Bertz CT molecular complexity index is 769. The summed E-state index contributed by atoms with van der Waals surface area (Å²) < 4.78 is 45.6. The van der Waals surface area contributed by atoms with Crippen LogP contribution in [-0.2, 0) is 17.3 Å². The van der Waals surface area contributed by atoms with Gasteiger partial charge < -0.3 is 9.84 Å². The van der Waals surface area contributed by atoms with Crippen molar-refractivity contribution in [1.29, 1.82) is 0 Å². The topological polar surface area (TPSA) is 46.5 Å². The van der Waals surface area contributed by atoms with E-state index in [0.29, 0.717) is 12.0 Å². The van der Waals surface area contributed by atoms with Crippen LogP contribution in [0, 0.1) is 0 Å². The van der Waals surface area contributed by atoms with Gasteiger partial charge >= 0.3 is 12.1 Å². The molecule has 0 aliphatic heterocycles. The number of aliphatic carboxylic acids is 1. The minimum absolute atomic E-state index is 0.0191. The number of unbranched alkanes of at least 4 members (excludes halogenated alkanes) is 3. The number of ether oxygens (including phenoxy) is 1. The molecule has 0 bridgehead atoms. The highest BCUT2D eigenvalue weighted by atomic mass is 19.3. The fourth-order valence-electron chi connectivity index (χ4n) is 2.66. The first kappa shape index (κ1) is 21.5. The van der Waals surface area contributed by atoms with Crippen LogP contribution in [0.5, 0.6) is 5.75 Å². The van der Waals surface area contributed by atoms with E-state index in [1.54, 1.807) is 12.1 Å². The van der Waals surface area contributed by atoms with Gasteiger partial charge in [-0.05, 0) is 60.7 Å². The number of alkyl halides is 3. The molecule has 0 aliphatic rings. The van der Waals surface area contributed by atoms with Crippen molar-refractivity contribution < 1.29 is 27.8 Å². The summed E-state index contributed by atoms with van der Waals surface area (Å²) in [6.07, 6.45) is 2.83. The van der Waals surface area contributed by atoms with Crippen LogP contribution in [0.15, 0.2) is 54.6 Å². The smallest absolute Gasteiger partial charge is 0.426 e. The van der Waals surface area contributed by atoms with Gasteiger partial charge in [-0.3, -0.25) is 4.39 Å². The second kappa shape index (κ2) is 10.5. The third-order valence-corrected chi connectivity index (χ3v) is 4.18. The number of hydrogen-bond acceptors (Lipinski definition) is 2. The Morgan fingerprint density at radius 3 is 2.21 bits per heavy atom.